The summed E-state index contributed by atoms with van der Waals surface area (Å²) in [7, 11) is 0. The molecule has 3 nitrogen and oxygen atoms in total. The summed E-state index contributed by atoms with van der Waals surface area (Å²) in [4.78, 5) is 14.7. The maximum atomic E-state index is 13.7. The van der Waals surface area contributed by atoms with Gasteiger partial charge in [-0.15, -0.1) is 0 Å². The van der Waals surface area contributed by atoms with Crippen molar-refractivity contribution in [1.29, 1.82) is 0 Å². The summed E-state index contributed by atoms with van der Waals surface area (Å²) in [6.07, 6.45) is 1.31. The van der Waals surface area contributed by atoms with E-state index in [2.05, 4.69) is 4.98 Å². The molecule has 0 spiro atoms. The maximum Gasteiger partial charge on any atom is 0.355 e. The van der Waals surface area contributed by atoms with E-state index >= 15 is 0 Å². The second-order valence-electron chi connectivity index (χ2n) is 3.79. The van der Waals surface area contributed by atoms with Gasteiger partial charge in [0.25, 0.3) is 0 Å². The number of benzene rings is 1. The van der Waals surface area contributed by atoms with Crippen LogP contribution in [0.1, 0.15) is 16.1 Å². The Morgan fingerprint density at radius 3 is 2.61 bits per heavy atom. The molecule has 0 saturated carbocycles. The van der Waals surface area contributed by atoms with Crippen molar-refractivity contribution in [2.24, 2.45) is 0 Å². The number of carbonyl (C=O) groups is 1. The monoisotopic (exact) mass is 249 g/mol. The van der Waals surface area contributed by atoms with E-state index in [-0.39, 0.29) is 22.4 Å². The lowest BCUT2D eigenvalue weighted by atomic mass is 10.0. The molecular weight excluding hydrogens is 240 g/mol. The molecule has 0 radical (unpaired) electrons. The van der Waals surface area contributed by atoms with Gasteiger partial charge in [0.15, 0.2) is 5.69 Å². The van der Waals surface area contributed by atoms with E-state index in [0.717, 1.165) is 6.07 Å². The molecule has 0 aliphatic rings. The topological polar surface area (TPSA) is 50.2 Å². The fraction of sp³-hybridized carbons (Fsp3) is 0.0769. The van der Waals surface area contributed by atoms with E-state index in [1.165, 1.54) is 31.3 Å². The van der Waals surface area contributed by atoms with Gasteiger partial charge >= 0.3 is 5.97 Å². The molecule has 92 valence electrons. The molecule has 1 heterocycles. The van der Waals surface area contributed by atoms with Crippen LogP contribution < -0.4 is 0 Å². The number of aromatic nitrogens is 1. The Hall–Kier alpha value is -2.30. The van der Waals surface area contributed by atoms with Crippen LogP contribution in [0.15, 0.2) is 30.5 Å². The third-order valence-corrected chi connectivity index (χ3v) is 2.55. The highest BCUT2D eigenvalue weighted by atomic mass is 19.1. The van der Waals surface area contributed by atoms with Gasteiger partial charge in [-0.25, -0.2) is 18.6 Å². The molecule has 0 atom stereocenters. The van der Waals surface area contributed by atoms with E-state index in [4.69, 9.17) is 5.11 Å². The van der Waals surface area contributed by atoms with E-state index < -0.39 is 17.6 Å². The summed E-state index contributed by atoms with van der Waals surface area (Å²) in [6.45, 7) is 1.48. The molecular formula is C13H9F2NO2. The number of halogens is 2. The summed E-state index contributed by atoms with van der Waals surface area (Å²) < 4.78 is 26.9. The molecule has 2 rings (SSSR count). The van der Waals surface area contributed by atoms with Crippen molar-refractivity contribution in [2.45, 2.75) is 6.92 Å². The van der Waals surface area contributed by atoms with Crippen LogP contribution in [0, 0.1) is 18.6 Å². The number of nitrogens with zero attached hydrogens (tertiary/aromatic N) is 1. The van der Waals surface area contributed by atoms with E-state index in [1.807, 2.05) is 0 Å². The first-order valence-corrected chi connectivity index (χ1v) is 5.15. The second-order valence-corrected chi connectivity index (χ2v) is 3.79. The SMILES string of the molecule is Cc1cc(-c2cccnc2C(=O)O)c(F)cc1F. The van der Waals surface area contributed by atoms with Crippen LogP contribution >= 0.6 is 0 Å². The molecule has 0 fully saturated rings. The smallest absolute Gasteiger partial charge is 0.355 e. The fourth-order valence-electron chi connectivity index (χ4n) is 1.66. The van der Waals surface area contributed by atoms with Crippen molar-refractivity contribution in [2.75, 3.05) is 0 Å². The number of carboxylic acids is 1. The van der Waals surface area contributed by atoms with Crippen molar-refractivity contribution in [1.82, 2.24) is 4.98 Å². The molecule has 2 aromatic rings. The Morgan fingerprint density at radius 2 is 1.94 bits per heavy atom. The molecule has 1 aromatic carbocycles. The van der Waals surface area contributed by atoms with Crippen LogP contribution in [0.3, 0.4) is 0 Å². The molecule has 1 aromatic heterocycles. The number of aromatic carboxylic acids is 1. The van der Waals surface area contributed by atoms with Crippen molar-refractivity contribution in [3.05, 3.63) is 53.4 Å². The Labute approximate surface area is 102 Å². The zero-order valence-corrected chi connectivity index (χ0v) is 9.45. The predicted octanol–water partition coefficient (Wildman–Crippen LogP) is 3.03. The van der Waals surface area contributed by atoms with Crippen LogP contribution in [0.2, 0.25) is 0 Å². The highest BCUT2D eigenvalue weighted by Gasteiger charge is 2.17. The molecule has 0 bridgehead atoms. The first kappa shape index (κ1) is 12.2. The van der Waals surface area contributed by atoms with Gasteiger partial charge in [0.05, 0.1) is 0 Å². The summed E-state index contributed by atoms with van der Waals surface area (Å²) in [5, 5.41) is 8.98. The van der Waals surface area contributed by atoms with Crippen LogP contribution in [0.5, 0.6) is 0 Å². The second kappa shape index (κ2) is 4.52. The Bertz CT molecular complexity index is 626. The average molecular weight is 249 g/mol. The lowest BCUT2D eigenvalue weighted by Gasteiger charge is -2.08. The molecule has 0 aliphatic carbocycles. The lowest BCUT2D eigenvalue weighted by Crippen LogP contribution is -2.04. The molecule has 0 saturated heterocycles. The molecule has 1 N–H and O–H groups in total. The normalized spacial score (nSPS) is 10.4. The largest absolute Gasteiger partial charge is 0.476 e. The van der Waals surface area contributed by atoms with Gasteiger partial charge in [-0.05, 0) is 24.6 Å². The van der Waals surface area contributed by atoms with E-state index in [1.54, 1.807) is 0 Å². The zero-order valence-electron chi connectivity index (χ0n) is 9.45. The zero-order chi connectivity index (χ0) is 13.3. The summed E-state index contributed by atoms with van der Waals surface area (Å²) in [5.74, 6) is -2.74. The molecule has 5 heteroatoms. The lowest BCUT2D eigenvalue weighted by molar-refractivity contribution is 0.0691. The van der Waals surface area contributed by atoms with Gasteiger partial charge in [-0.1, -0.05) is 6.07 Å². The Kier molecular flexibility index (Phi) is 3.06. The Morgan fingerprint density at radius 1 is 1.22 bits per heavy atom. The molecule has 0 amide bonds. The molecule has 18 heavy (non-hydrogen) atoms. The van der Waals surface area contributed by atoms with Gasteiger partial charge in [0.1, 0.15) is 11.6 Å². The number of carboxylic acid groups (broad SMARTS) is 1. The highest BCUT2D eigenvalue weighted by Crippen LogP contribution is 2.27. The van der Waals surface area contributed by atoms with Gasteiger partial charge in [-0.2, -0.15) is 0 Å². The highest BCUT2D eigenvalue weighted by molar-refractivity contribution is 5.93. The minimum atomic E-state index is -1.26. The number of rotatable bonds is 2. The first-order valence-electron chi connectivity index (χ1n) is 5.15. The van der Waals surface area contributed by atoms with Crippen LogP contribution in [-0.2, 0) is 0 Å². The maximum absolute atomic E-state index is 13.7. The third kappa shape index (κ3) is 2.07. The van der Waals surface area contributed by atoms with E-state index in [0.29, 0.717) is 0 Å². The summed E-state index contributed by atoms with van der Waals surface area (Å²) in [5.41, 5.74) is 0.138. The predicted molar refractivity (Wildman–Crippen MR) is 61.3 cm³/mol. The van der Waals surface area contributed by atoms with Gasteiger partial charge < -0.3 is 5.11 Å². The van der Waals surface area contributed by atoms with Crippen molar-refractivity contribution in [3.63, 3.8) is 0 Å². The van der Waals surface area contributed by atoms with Gasteiger partial charge in [0.2, 0.25) is 0 Å². The number of aryl methyl sites for hydroxylation is 1. The van der Waals surface area contributed by atoms with Crippen LogP contribution in [-0.4, -0.2) is 16.1 Å². The van der Waals surface area contributed by atoms with Gasteiger partial charge in [-0.3, -0.25) is 0 Å². The number of hydrogen-bond acceptors (Lipinski definition) is 2. The fourth-order valence-corrected chi connectivity index (χ4v) is 1.66. The van der Waals surface area contributed by atoms with Crippen LogP contribution in [0.4, 0.5) is 8.78 Å². The molecule has 0 unspecified atom stereocenters. The summed E-state index contributed by atoms with van der Waals surface area (Å²) >= 11 is 0. The van der Waals surface area contributed by atoms with Gasteiger partial charge in [0, 0.05) is 23.4 Å². The van der Waals surface area contributed by atoms with Crippen LogP contribution in [0.25, 0.3) is 11.1 Å². The van der Waals surface area contributed by atoms with Crippen molar-refractivity contribution >= 4 is 5.97 Å². The average Bonchev–Trinajstić information content (AvgIpc) is 2.34. The number of hydrogen-bond donors (Lipinski definition) is 1. The minimum Gasteiger partial charge on any atom is -0.476 e. The van der Waals surface area contributed by atoms with E-state index in [9.17, 15) is 13.6 Å². The minimum absolute atomic E-state index is 0.0272. The summed E-state index contributed by atoms with van der Waals surface area (Å²) in [6, 6.07) is 4.95. The quantitative estimate of drug-likeness (QED) is 0.889. The van der Waals surface area contributed by atoms with Crippen molar-refractivity contribution < 1.29 is 18.7 Å². The molecule has 0 aliphatic heterocycles. The van der Waals surface area contributed by atoms with Crippen molar-refractivity contribution in [3.8, 4) is 11.1 Å². The third-order valence-electron chi connectivity index (χ3n) is 2.55. The standard InChI is InChI=1S/C13H9F2NO2/c1-7-5-9(11(15)6-10(7)14)8-3-2-4-16-12(8)13(17)18/h2-6H,1H3,(H,17,18). The first-order chi connectivity index (χ1) is 8.50. The number of pyridine rings is 1. The Balaban J connectivity index is 2.69.